The lowest BCUT2D eigenvalue weighted by Gasteiger charge is -2.22. The molecule has 3 rings (SSSR count). The molecular weight excluding hydrogens is 318 g/mol. The summed E-state index contributed by atoms with van der Waals surface area (Å²) in [6.07, 6.45) is 3.20. The van der Waals surface area contributed by atoms with Gasteiger partial charge in [0.15, 0.2) is 5.03 Å². The molecule has 0 aliphatic carbocycles. The summed E-state index contributed by atoms with van der Waals surface area (Å²) in [5.41, 5.74) is 1.01. The van der Waals surface area contributed by atoms with Gasteiger partial charge in [0.2, 0.25) is 0 Å². The number of aromatic nitrogens is 2. The van der Waals surface area contributed by atoms with Gasteiger partial charge in [-0.2, -0.15) is 4.31 Å². The van der Waals surface area contributed by atoms with Gasteiger partial charge in [-0.3, -0.25) is 0 Å². The molecule has 1 aromatic heterocycles. The molecule has 2 heterocycles. The van der Waals surface area contributed by atoms with E-state index in [9.17, 15) is 8.42 Å². The van der Waals surface area contributed by atoms with E-state index in [1.54, 1.807) is 28.6 Å². The maximum Gasteiger partial charge on any atom is 0.263 e. The molecule has 1 aromatic carbocycles. The Morgan fingerprint density at radius 3 is 2.64 bits per heavy atom. The molecule has 0 spiro atoms. The van der Waals surface area contributed by atoms with Gasteiger partial charge in [-0.05, 0) is 19.4 Å². The van der Waals surface area contributed by atoms with Gasteiger partial charge in [0, 0.05) is 24.5 Å². The average molecular weight is 337 g/mol. The molecule has 1 fully saturated rings. The van der Waals surface area contributed by atoms with Crippen LogP contribution in [0, 0.1) is 0 Å². The van der Waals surface area contributed by atoms with E-state index >= 15 is 0 Å². The molecular formula is C15H19N3O2S2. The van der Waals surface area contributed by atoms with Crippen LogP contribution in [0.4, 0.5) is 0 Å². The molecule has 22 heavy (non-hydrogen) atoms. The van der Waals surface area contributed by atoms with Gasteiger partial charge in [-0.25, -0.2) is 13.4 Å². The van der Waals surface area contributed by atoms with Crippen molar-refractivity contribution in [3.8, 4) is 0 Å². The lowest BCUT2D eigenvalue weighted by atomic mass is 10.2. The summed E-state index contributed by atoms with van der Waals surface area (Å²) in [6, 6.07) is 9.94. The first kappa shape index (κ1) is 15.6. The van der Waals surface area contributed by atoms with Crippen LogP contribution in [0.3, 0.4) is 0 Å². The lowest BCUT2D eigenvalue weighted by molar-refractivity contribution is 0.432. The minimum absolute atomic E-state index is 0.129. The number of rotatable bonds is 4. The number of benzene rings is 1. The highest BCUT2D eigenvalue weighted by molar-refractivity contribution is 8.00. The zero-order valence-electron chi connectivity index (χ0n) is 12.6. The Bertz CT molecular complexity index is 741. The van der Waals surface area contributed by atoms with Gasteiger partial charge in [-0.1, -0.05) is 30.3 Å². The molecule has 0 bridgehead atoms. The number of hydrogen-bond donors (Lipinski definition) is 0. The fraction of sp³-hybridized carbons (Fsp3) is 0.400. The van der Waals surface area contributed by atoms with Crippen LogP contribution in [0.15, 0.2) is 47.9 Å². The highest BCUT2D eigenvalue weighted by Gasteiger charge is 2.38. The topological polar surface area (TPSA) is 55.2 Å². The molecule has 0 saturated carbocycles. The maximum atomic E-state index is 12.9. The van der Waals surface area contributed by atoms with Gasteiger partial charge in [-0.15, -0.1) is 11.8 Å². The van der Waals surface area contributed by atoms with Gasteiger partial charge < -0.3 is 4.57 Å². The summed E-state index contributed by atoms with van der Waals surface area (Å²) >= 11 is 1.65. The minimum Gasteiger partial charge on any atom is -0.334 e. The summed E-state index contributed by atoms with van der Waals surface area (Å²) < 4.78 is 29.2. The average Bonchev–Trinajstić information content (AvgIpc) is 3.18. The van der Waals surface area contributed by atoms with Crippen LogP contribution in [0.25, 0.3) is 0 Å². The number of nitrogens with zero attached hydrogens (tertiary/aromatic N) is 3. The van der Waals surface area contributed by atoms with Gasteiger partial charge in [0.05, 0.1) is 11.7 Å². The Hall–Kier alpha value is -1.31. The van der Waals surface area contributed by atoms with E-state index in [4.69, 9.17) is 0 Å². The third-order valence-electron chi connectivity index (χ3n) is 3.68. The summed E-state index contributed by atoms with van der Waals surface area (Å²) in [6.45, 7) is 4.51. The van der Waals surface area contributed by atoms with Crippen molar-refractivity contribution in [1.82, 2.24) is 13.9 Å². The second kappa shape index (κ2) is 6.06. The molecule has 0 amide bonds. The van der Waals surface area contributed by atoms with Crippen molar-refractivity contribution in [2.24, 2.45) is 0 Å². The number of hydrogen-bond acceptors (Lipinski definition) is 4. The monoisotopic (exact) mass is 337 g/mol. The Morgan fingerprint density at radius 1 is 1.27 bits per heavy atom. The van der Waals surface area contributed by atoms with Gasteiger partial charge in [0.25, 0.3) is 10.0 Å². The third kappa shape index (κ3) is 2.80. The Kier molecular flexibility index (Phi) is 4.29. The fourth-order valence-electron chi connectivity index (χ4n) is 2.43. The first-order chi connectivity index (χ1) is 10.5. The Morgan fingerprint density at radius 2 is 2.00 bits per heavy atom. The van der Waals surface area contributed by atoms with Crippen LogP contribution in [-0.2, 0) is 10.0 Å². The van der Waals surface area contributed by atoms with E-state index in [-0.39, 0.29) is 16.4 Å². The Balaban J connectivity index is 1.93. The van der Waals surface area contributed by atoms with E-state index in [1.165, 1.54) is 0 Å². The molecule has 0 N–H and O–H groups in total. The smallest absolute Gasteiger partial charge is 0.263 e. The van der Waals surface area contributed by atoms with Crippen molar-refractivity contribution in [3.63, 3.8) is 0 Å². The van der Waals surface area contributed by atoms with Crippen molar-refractivity contribution >= 4 is 21.8 Å². The molecule has 7 heteroatoms. The molecule has 0 radical (unpaired) electrons. The lowest BCUT2D eigenvalue weighted by Crippen LogP contribution is -2.30. The number of thioether (sulfide) groups is 1. The molecule has 5 nitrogen and oxygen atoms in total. The van der Waals surface area contributed by atoms with Crippen LogP contribution >= 0.6 is 11.8 Å². The first-order valence-corrected chi connectivity index (χ1v) is 9.71. The largest absolute Gasteiger partial charge is 0.334 e. The second-order valence-corrected chi connectivity index (χ2v) is 8.53. The van der Waals surface area contributed by atoms with Crippen LogP contribution in [-0.4, -0.2) is 34.6 Å². The van der Waals surface area contributed by atoms with E-state index < -0.39 is 10.0 Å². The van der Waals surface area contributed by atoms with E-state index in [0.29, 0.717) is 6.54 Å². The zero-order valence-corrected chi connectivity index (χ0v) is 14.2. The molecule has 118 valence electrons. The van der Waals surface area contributed by atoms with E-state index in [2.05, 4.69) is 4.98 Å². The fourth-order valence-corrected chi connectivity index (χ4v) is 5.60. The normalized spacial score (nSPS) is 19.9. The predicted molar refractivity (Wildman–Crippen MR) is 88.1 cm³/mol. The molecule has 1 saturated heterocycles. The van der Waals surface area contributed by atoms with Crippen LogP contribution < -0.4 is 0 Å². The van der Waals surface area contributed by atoms with Crippen molar-refractivity contribution in [2.75, 3.05) is 12.3 Å². The van der Waals surface area contributed by atoms with Crippen molar-refractivity contribution < 1.29 is 8.42 Å². The summed E-state index contributed by atoms with van der Waals surface area (Å²) in [5, 5.41) is -0.0416. The van der Waals surface area contributed by atoms with Crippen molar-refractivity contribution in [2.45, 2.75) is 30.3 Å². The quantitative estimate of drug-likeness (QED) is 0.861. The molecule has 2 aromatic rings. The van der Waals surface area contributed by atoms with Gasteiger partial charge >= 0.3 is 0 Å². The number of sulfonamides is 1. The summed E-state index contributed by atoms with van der Waals surface area (Å²) in [7, 11) is -3.57. The van der Waals surface area contributed by atoms with Crippen LogP contribution in [0.1, 0.15) is 30.8 Å². The second-order valence-electron chi connectivity index (χ2n) is 5.50. The van der Waals surface area contributed by atoms with Gasteiger partial charge in [0.1, 0.15) is 0 Å². The zero-order chi connectivity index (χ0) is 15.7. The van der Waals surface area contributed by atoms with Crippen LogP contribution in [0.2, 0.25) is 0 Å². The maximum absolute atomic E-state index is 12.9. The van der Waals surface area contributed by atoms with E-state index in [0.717, 1.165) is 11.3 Å². The van der Waals surface area contributed by atoms with E-state index in [1.807, 2.05) is 48.7 Å². The predicted octanol–water partition coefficient (Wildman–Crippen LogP) is 2.90. The third-order valence-corrected chi connectivity index (χ3v) is 6.83. The summed E-state index contributed by atoms with van der Waals surface area (Å²) in [4.78, 5) is 4.11. The SMILES string of the molecule is CC(C)n1cnc(S(=O)(=O)N2CCSC2c2ccccc2)c1. The van der Waals surface area contributed by atoms with Crippen molar-refractivity contribution in [1.29, 1.82) is 0 Å². The standard InChI is InChI=1S/C15H19N3O2S2/c1-12(2)17-10-14(16-11-17)22(19,20)18-8-9-21-15(18)13-6-4-3-5-7-13/h3-7,10-12,15H,8-9H2,1-2H3. The minimum atomic E-state index is -3.57. The highest BCUT2D eigenvalue weighted by atomic mass is 32.2. The van der Waals surface area contributed by atoms with Crippen molar-refractivity contribution in [3.05, 3.63) is 48.4 Å². The highest BCUT2D eigenvalue weighted by Crippen LogP contribution is 2.40. The first-order valence-electron chi connectivity index (χ1n) is 7.22. The molecule has 1 aliphatic rings. The molecule has 1 atom stereocenters. The number of imidazole rings is 1. The summed E-state index contributed by atoms with van der Waals surface area (Å²) in [5.74, 6) is 0.795. The Labute approximate surface area is 135 Å². The molecule has 1 aliphatic heterocycles. The molecule has 1 unspecified atom stereocenters. The van der Waals surface area contributed by atoms with Crippen LogP contribution in [0.5, 0.6) is 0 Å².